The van der Waals surface area contributed by atoms with Gasteiger partial charge in [-0.25, -0.2) is 4.79 Å². The number of rotatable bonds is 16. The number of aliphatic carboxylic acids is 2. The molecule has 0 aromatic carbocycles. The summed E-state index contributed by atoms with van der Waals surface area (Å²) >= 11 is 0. The van der Waals surface area contributed by atoms with Crippen molar-refractivity contribution >= 4 is 35.6 Å². The van der Waals surface area contributed by atoms with E-state index in [-0.39, 0.29) is 6.42 Å². The number of hydrogen-bond acceptors (Lipinski definition) is 9. The van der Waals surface area contributed by atoms with Gasteiger partial charge in [-0.2, -0.15) is 0 Å². The van der Waals surface area contributed by atoms with Gasteiger partial charge in [0.05, 0.1) is 25.0 Å². The summed E-state index contributed by atoms with van der Waals surface area (Å²) in [6, 6.07) is -6.15. The number of carbonyl (C=O) groups excluding carboxylic acids is 4. The molecule has 15 nitrogen and oxygen atoms in total. The Morgan fingerprint density at radius 1 is 0.848 bits per heavy atom. The molecular weight excluding hydrogens is 444 g/mol. The predicted molar refractivity (Wildman–Crippen MR) is 112 cm³/mol. The zero-order chi connectivity index (χ0) is 25.7. The van der Waals surface area contributed by atoms with Crippen LogP contribution in [-0.2, 0) is 28.8 Å². The number of nitrogens with one attached hydrogen (secondary N) is 3. The van der Waals surface area contributed by atoms with Crippen LogP contribution in [0.4, 0.5) is 0 Å². The lowest BCUT2D eigenvalue weighted by Crippen LogP contribution is -2.60. The molecule has 0 aromatic rings. The maximum atomic E-state index is 12.6. The van der Waals surface area contributed by atoms with Gasteiger partial charge in [0.15, 0.2) is 0 Å². The normalized spacial score (nSPS) is 15.3. The molecule has 0 aliphatic heterocycles. The number of unbranched alkanes of at least 4 members (excludes halogenated alkanes) is 1. The molecule has 0 radical (unpaired) electrons. The van der Waals surface area contributed by atoms with Crippen LogP contribution in [0.25, 0.3) is 0 Å². The van der Waals surface area contributed by atoms with Crippen LogP contribution in [0.2, 0.25) is 0 Å². The second kappa shape index (κ2) is 14.7. The molecule has 33 heavy (non-hydrogen) atoms. The van der Waals surface area contributed by atoms with Crippen molar-refractivity contribution in [3.63, 3.8) is 0 Å². The number of nitrogens with two attached hydrogens (primary N) is 3. The number of amides is 4. The molecule has 0 saturated heterocycles. The third-order valence-electron chi connectivity index (χ3n) is 4.40. The lowest BCUT2D eigenvalue weighted by atomic mass is 10.1. The summed E-state index contributed by atoms with van der Waals surface area (Å²) < 4.78 is 0. The predicted octanol–water partition coefficient (Wildman–Crippen LogP) is -4.29. The highest BCUT2D eigenvalue weighted by molar-refractivity contribution is 5.96. The van der Waals surface area contributed by atoms with E-state index in [1.165, 1.54) is 0 Å². The number of carboxylic acid groups (broad SMARTS) is 2. The van der Waals surface area contributed by atoms with Gasteiger partial charge in [0, 0.05) is 0 Å². The maximum Gasteiger partial charge on any atom is 0.326 e. The Morgan fingerprint density at radius 3 is 1.88 bits per heavy atom. The van der Waals surface area contributed by atoms with Gasteiger partial charge in [0.2, 0.25) is 23.6 Å². The Kier molecular flexibility index (Phi) is 13.2. The van der Waals surface area contributed by atoms with Crippen LogP contribution in [0.15, 0.2) is 0 Å². The largest absolute Gasteiger partial charge is 0.481 e. The lowest BCUT2D eigenvalue weighted by molar-refractivity contribution is -0.145. The number of carboxylic acids is 2. The van der Waals surface area contributed by atoms with Crippen LogP contribution in [0.5, 0.6) is 0 Å². The van der Waals surface area contributed by atoms with Crippen LogP contribution in [0.1, 0.15) is 39.0 Å². The summed E-state index contributed by atoms with van der Waals surface area (Å²) in [6.45, 7) is 1.50. The van der Waals surface area contributed by atoms with Crippen molar-refractivity contribution < 1.29 is 44.1 Å². The molecule has 0 aliphatic carbocycles. The number of hydrogen-bond donors (Lipinski definition) is 9. The molecule has 12 N–H and O–H groups in total. The second-order valence-corrected chi connectivity index (χ2v) is 7.35. The minimum atomic E-state index is -1.74. The first kappa shape index (κ1) is 29.7. The van der Waals surface area contributed by atoms with Gasteiger partial charge in [0.1, 0.15) is 18.1 Å². The fraction of sp³-hybridized carbons (Fsp3) is 0.667. The van der Waals surface area contributed by atoms with Crippen molar-refractivity contribution in [1.29, 1.82) is 0 Å². The van der Waals surface area contributed by atoms with Gasteiger partial charge < -0.3 is 48.5 Å². The Bertz CT molecular complexity index is 730. The minimum absolute atomic E-state index is 0.236. The molecule has 0 rings (SSSR count). The minimum Gasteiger partial charge on any atom is -0.481 e. The highest BCUT2D eigenvalue weighted by atomic mass is 16.4. The Balaban J connectivity index is 5.38. The van der Waals surface area contributed by atoms with E-state index in [1.807, 2.05) is 5.32 Å². The molecule has 5 unspecified atom stereocenters. The van der Waals surface area contributed by atoms with Crippen molar-refractivity contribution in [1.82, 2.24) is 16.0 Å². The second-order valence-electron chi connectivity index (χ2n) is 7.35. The quantitative estimate of drug-likeness (QED) is 0.0960. The van der Waals surface area contributed by atoms with E-state index in [0.29, 0.717) is 19.4 Å². The summed E-state index contributed by atoms with van der Waals surface area (Å²) in [7, 11) is 0. The molecule has 0 aromatic heterocycles. The van der Waals surface area contributed by atoms with Crippen LogP contribution in [0.3, 0.4) is 0 Å². The standard InChI is InChI=1S/C18H32N6O9/c1-8(25)14(17(31)23-11(18(32)33)6-12(21)26)24-16(30)10(7-13(27)28)22-15(29)9(20)4-2-3-5-19/h8-11,14,25H,2-7,19-20H2,1H3,(H2,21,26)(H,22,29)(H,23,31)(H,24,30)(H,27,28)(H,32,33). The van der Waals surface area contributed by atoms with Crippen LogP contribution < -0.4 is 33.2 Å². The Labute approximate surface area is 189 Å². The average molecular weight is 476 g/mol. The fourth-order valence-corrected chi connectivity index (χ4v) is 2.62. The van der Waals surface area contributed by atoms with Gasteiger partial charge in [0.25, 0.3) is 0 Å². The van der Waals surface area contributed by atoms with Crippen molar-refractivity contribution in [2.45, 2.75) is 69.3 Å². The molecule has 4 amide bonds. The Hall–Kier alpha value is -3.30. The molecular formula is C18H32N6O9. The number of aliphatic hydroxyl groups excluding tert-OH is 1. The van der Waals surface area contributed by atoms with Crippen molar-refractivity contribution in [3.05, 3.63) is 0 Å². The summed E-state index contributed by atoms with van der Waals surface area (Å²) in [6.07, 6.45) is -1.79. The van der Waals surface area contributed by atoms with Crippen molar-refractivity contribution in [2.24, 2.45) is 17.2 Å². The van der Waals surface area contributed by atoms with Gasteiger partial charge in [-0.1, -0.05) is 6.42 Å². The fourth-order valence-electron chi connectivity index (χ4n) is 2.62. The maximum absolute atomic E-state index is 12.6. The molecule has 0 heterocycles. The zero-order valence-corrected chi connectivity index (χ0v) is 18.2. The Morgan fingerprint density at radius 2 is 1.42 bits per heavy atom. The average Bonchev–Trinajstić information content (AvgIpc) is 2.69. The zero-order valence-electron chi connectivity index (χ0n) is 18.2. The topological polar surface area (TPSA) is 277 Å². The summed E-state index contributed by atoms with van der Waals surface area (Å²) in [5.41, 5.74) is 16.0. The summed E-state index contributed by atoms with van der Waals surface area (Å²) in [4.78, 5) is 70.5. The monoisotopic (exact) mass is 476 g/mol. The summed E-state index contributed by atoms with van der Waals surface area (Å²) in [5.74, 6) is -7.17. The van der Waals surface area contributed by atoms with E-state index in [4.69, 9.17) is 27.4 Å². The highest BCUT2D eigenvalue weighted by Crippen LogP contribution is 2.03. The molecule has 0 bridgehead atoms. The van der Waals surface area contributed by atoms with E-state index in [0.717, 1.165) is 6.92 Å². The smallest absolute Gasteiger partial charge is 0.326 e. The summed E-state index contributed by atoms with van der Waals surface area (Å²) in [5, 5.41) is 34.2. The van der Waals surface area contributed by atoms with Crippen molar-refractivity contribution in [2.75, 3.05) is 6.54 Å². The molecule has 188 valence electrons. The first-order valence-corrected chi connectivity index (χ1v) is 10.1. The third-order valence-corrected chi connectivity index (χ3v) is 4.40. The van der Waals surface area contributed by atoms with Crippen LogP contribution >= 0.6 is 0 Å². The number of aliphatic hydroxyl groups is 1. The van der Waals surface area contributed by atoms with Gasteiger partial charge in [-0.15, -0.1) is 0 Å². The molecule has 0 spiro atoms. The first-order chi connectivity index (χ1) is 15.3. The van der Waals surface area contributed by atoms with E-state index in [1.54, 1.807) is 0 Å². The van der Waals surface area contributed by atoms with Crippen LogP contribution in [0, 0.1) is 0 Å². The number of carbonyl (C=O) groups is 6. The molecule has 15 heteroatoms. The SMILES string of the molecule is CC(O)C(NC(=O)C(CC(=O)O)NC(=O)C(N)CCCCN)C(=O)NC(CC(N)=O)C(=O)O. The molecule has 5 atom stereocenters. The highest BCUT2D eigenvalue weighted by Gasteiger charge is 2.33. The molecule has 0 aliphatic rings. The van der Waals surface area contributed by atoms with Crippen molar-refractivity contribution in [3.8, 4) is 0 Å². The van der Waals surface area contributed by atoms with E-state index in [2.05, 4.69) is 10.6 Å². The molecule has 0 saturated carbocycles. The number of primary amides is 1. The third kappa shape index (κ3) is 11.8. The van der Waals surface area contributed by atoms with Gasteiger partial charge in [-0.3, -0.25) is 24.0 Å². The lowest BCUT2D eigenvalue weighted by Gasteiger charge is -2.26. The molecule has 0 fully saturated rings. The van der Waals surface area contributed by atoms with Gasteiger partial charge in [-0.05, 0) is 26.3 Å². The van der Waals surface area contributed by atoms with Gasteiger partial charge >= 0.3 is 11.9 Å². The van der Waals surface area contributed by atoms with E-state index in [9.17, 15) is 33.9 Å². The van der Waals surface area contributed by atoms with E-state index >= 15 is 0 Å². The first-order valence-electron chi connectivity index (χ1n) is 10.1. The van der Waals surface area contributed by atoms with E-state index < -0.39 is 78.7 Å². The van der Waals surface area contributed by atoms with Crippen LogP contribution in [-0.4, -0.2) is 87.7 Å².